The van der Waals surface area contributed by atoms with Crippen LogP contribution in [0, 0.1) is 27.7 Å². The van der Waals surface area contributed by atoms with E-state index in [-0.39, 0.29) is 6.17 Å². The summed E-state index contributed by atoms with van der Waals surface area (Å²) in [5.74, 6) is 0. The van der Waals surface area contributed by atoms with Crippen LogP contribution in [0.2, 0.25) is 0 Å². The molecule has 2 aromatic heterocycles. The minimum absolute atomic E-state index is 0.171. The third-order valence-electron chi connectivity index (χ3n) is 5.79. The number of aryl methyl sites for hydroxylation is 4. The van der Waals surface area contributed by atoms with Crippen molar-refractivity contribution in [2.24, 2.45) is 0 Å². The summed E-state index contributed by atoms with van der Waals surface area (Å²) in [7, 11) is 0. The summed E-state index contributed by atoms with van der Waals surface area (Å²) < 4.78 is 4.19. The zero-order chi connectivity index (χ0) is 24.4. The van der Waals surface area contributed by atoms with Crippen LogP contribution in [0.4, 0.5) is 0 Å². The molecule has 0 aliphatic rings. The Hall–Kier alpha value is -3.22. The molecule has 0 saturated heterocycles. The molecule has 0 aliphatic carbocycles. The van der Waals surface area contributed by atoms with Gasteiger partial charge in [0.05, 0.1) is 11.4 Å². The van der Waals surface area contributed by atoms with E-state index in [2.05, 4.69) is 114 Å². The Morgan fingerprint density at radius 3 is 1.60 bits per heavy atom. The first-order valence-corrected chi connectivity index (χ1v) is 13.3. The van der Waals surface area contributed by atoms with Crippen LogP contribution in [0.15, 0.2) is 111 Å². The van der Waals surface area contributed by atoms with Crippen molar-refractivity contribution in [3.8, 4) is 0 Å². The summed E-state index contributed by atoms with van der Waals surface area (Å²) in [6.45, 7) is 8.30. The van der Waals surface area contributed by atoms with Crippen molar-refractivity contribution < 1.29 is 0 Å². The fraction of sp³-hybridized carbons (Fsp3) is 0.172. The molecule has 0 bridgehead atoms. The highest BCUT2D eigenvalue weighted by molar-refractivity contribution is 8.02. The van der Waals surface area contributed by atoms with E-state index in [1.54, 1.807) is 23.5 Å². The smallest absolute Gasteiger partial charge is 0.170 e. The number of hydrogen-bond acceptors (Lipinski definition) is 4. The van der Waals surface area contributed by atoms with Gasteiger partial charge in [-0.3, -0.25) is 0 Å². The van der Waals surface area contributed by atoms with E-state index < -0.39 is 0 Å². The van der Waals surface area contributed by atoms with Crippen LogP contribution >= 0.6 is 23.5 Å². The van der Waals surface area contributed by atoms with Crippen LogP contribution in [0.25, 0.3) is 0 Å². The monoisotopic (exact) mass is 496 g/mol. The first-order chi connectivity index (χ1) is 17.0. The second-order valence-corrected chi connectivity index (χ2v) is 10.8. The van der Waals surface area contributed by atoms with Gasteiger partial charge in [-0.2, -0.15) is 10.2 Å². The third kappa shape index (κ3) is 5.09. The zero-order valence-electron chi connectivity index (χ0n) is 20.3. The largest absolute Gasteiger partial charge is 0.240 e. The Labute approximate surface area is 215 Å². The molecule has 176 valence electrons. The van der Waals surface area contributed by atoms with Gasteiger partial charge in [-0.25, -0.2) is 9.36 Å². The summed E-state index contributed by atoms with van der Waals surface area (Å²) in [4.78, 5) is 4.90. The Kier molecular flexibility index (Phi) is 6.84. The van der Waals surface area contributed by atoms with Crippen molar-refractivity contribution in [1.82, 2.24) is 19.6 Å². The fourth-order valence-electron chi connectivity index (χ4n) is 4.29. The lowest BCUT2D eigenvalue weighted by Crippen LogP contribution is -2.24. The van der Waals surface area contributed by atoms with Gasteiger partial charge in [-0.15, -0.1) is 0 Å². The second-order valence-electron chi connectivity index (χ2n) is 8.62. The highest BCUT2D eigenvalue weighted by Crippen LogP contribution is 2.41. The maximum Gasteiger partial charge on any atom is 0.170 e. The molecule has 0 unspecified atom stereocenters. The van der Waals surface area contributed by atoms with Gasteiger partial charge in [-0.05, 0) is 70.2 Å². The lowest BCUT2D eigenvalue weighted by Gasteiger charge is -2.24. The van der Waals surface area contributed by atoms with Crippen LogP contribution in [-0.4, -0.2) is 19.6 Å². The highest BCUT2D eigenvalue weighted by Gasteiger charge is 2.25. The molecular weight excluding hydrogens is 468 g/mol. The van der Waals surface area contributed by atoms with Crippen LogP contribution in [0.1, 0.15) is 34.5 Å². The molecule has 3 aromatic carbocycles. The Morgan fingerprint density at radius 1 is 0.571 bits per heavy atom. The van der Waals surface area contributed by atoms with Gasteiger partial charge in [0, 0.05) is 36.5 Å². The van der Waals surface area contributed by atoms with Gasteiger partial charge in [0.1, 0.15) is 0 Å². The molecule has 0 aliphatic heterocycles. The van der Waals surface area contributed by atoms with E-state index in [0.717, 1.165) is 22.8 Å². The highest BCUT2D eigenvalue weighted by atomic mass is 32.2. The van der Waals surface area contributed by atoms with Crippen LogP contribution < -0.4 is 0 Å². The SMILES string of the molecule is Cc1cc(C)n(C(c2ccccc2Sc2ccccc2Sc2ccccc2)n2nc(C)cc2C)n1. The van der Waals surface area contributed by atoms with Crippen molar-refractivity contribution in [3.05, 3.63) is 119 Å². The maximum absolute atomic E-state index is 4.88. The Morgan fingerprint density at radius 2 is 1.06 bits per heavy atom. The third-order valence-corrected chi connectivity index (χ3v) is 8.17. The summed E-state index contributed by atoms with van der Waals surface area (Å²) in [6.07, 6.45) is -0.171. The molecule has 0 atom stereocenters. The standard InChI is InChI=1S/C29H28N4S2/c1-20-18-22(3)32(30-20)29(33-23(4)19-21(2)31-33)25-14-8-9-15-26(25)35-28-17-11-10-16-27(28)34-24-12-6-5-7-13-24/h5-19,29H,1-4H3. The maximum atomic E-state index is 4.88. The number of aromatic nitrogens is 4. The summed E-state index contributed by atoms with van der Waals surface area (Å²) in [6, 6.07) is 32.0. The van der Waals surface area contributed by atoms with Gasteiger partial charge in [0.15, 0.2) is 6.17 Å². The molecule has 0 saturated carbocycles. The van der Waals surface area contributed by atoms with Gasteiger partial charge < -0.3 is 0 Å². The lowest BCUT2D eigenvalue weighted by molar-refractivity contribution is 0.396. The van der Waals surface area contributed by atoms with E-state index >= 15 is 0 Å². The Balaban J connectivity index is 1.59. The second kappa shape index (κ2) is 10.2. The van der Waals surface area contributed by atoms with Gasteiger partial charge >= 0.3 is 0 Å². The normalized spacial score (nSPS) is 11.3. The summed E-state index contributed by atoms with van der Waals surface area (Å²) >= 11 is 3.60. The van der Waals surface area contributed by atoms with E-state index in [9.17, 15) is 0 Å². The van der Waals surface area contributed by atoms with Crippen molar-refractivity contribution in [3.63, 3.8) is 0 Å². The summed E-state index contributed by atoms with van der Waals surface area (Å²) in [5.41, 5.74) is 5.40. The fourth-order valence-corrected chi connectivity index (χ4v) is 6.40. The molecular formula is C29H28N4S2. The number of benzene rings is 3. The minimum Gasteiger partial charge on any atom is -0.240 e. The quantitative estimate of drug-likeness (QED) is 0.231. The van der Waals surface area contributed by atoms with E-state index in [4.69, 9.17) is 10.2 Å². The van der Waals surface area contributed by atoms with Gasteiger partial charge in [-0.1, -0.05) is 72.1 Å². The van der Waals surface area contributed by atoms with Crippen molar-refractivity contribution in [2.45, 2.75) is 53.4 Å². The molecule has 5 aromatic rings. The lowest BCUT2D eigenvalue weighted by atomic mass is 10.1. The first-order valence-electron chi connectivity index (χ1n) is 11.6. The molecule has 0 N–H and O–H groups in total. The summed E-state index contributed by atoms with van der Waals surface area (Å²) in [5, 5.41) is 9.76. The van der Waals surface area contributed by atoms with Gasteiger partial charge in [0.25, 0.3) is 0 Å². The number of nitrogens with zero attached hydrogens (tertiary/aromatic N) is 4. The van der Waals surface area contributed by atoms with Crippen LogP contribution in [-0.2, 0) is 0 Å². The minimum atomic E-state index is -0.171. The molecule has 0 amide bonds. The molecule has 4 nitrogen and oxygen atoms in total. The molecule has 2 heterocycles. The Bertz CT molecular complexity index is 1410. The molecule has 0 spiro atoms. The molecule has 0 fully saturated rings. The average molecular weight is 497 g/mol. The van der Waals surface area contributed by atoms with Crippen LogP contribution in [0.3, 0.4) is 0 Å². The molecule has 35 heavy (non-hydrogen) atoms. The topological polar surface area (TPSA) is 35.6 Å². The van der Waals surface area contributed by atoms with Crippen molar-refractivity contribution >= 4 is 23.5 Å². The van der Waals surface area contributed by atoms with Crippen LogP contribution in [0.5, 0.6) is 0 Å². The molecule has 6 heteroatoms. The number of hydrogen-bond donors (Lipinski definition) is 0. The molecule has 5 rings (SSSR count). The number of rotatable bonds is 7. The van der Waals surface area contributed by atoms with E-state index in [1.165, 1.54) is 25.1 Å². The molecule has 0 radical (unpaired) electrons. The average Bonchev–Trinajstić information content (AvgIpc) is 3.36. The predicted octanol–water partition coefficient (Wildman–Crippen LogP) is 7.71. The van der Waals surface area contributed by atoms with Gasteiger partial charge in [0.2, 0.25) is 0 Å². The van der Waals surface area contributed by atoms with E-state index in [1.807, 2.05) is 13.8 Å². The zero-order valence-corrected chi connectivity index (χ0v) is 22.0. The first kappa shape index (κ1) is 23.5. The van der Waals surface area contributed by atoms with E-state index in [0.29, 0.717) is 0 Å². The van der Waals surface area contributed by atoms with Crippen molar-refractivity contribution in [1.29, 1.82) is 0 Å². The predicted molar refractivity (Wildman–Crippen MR) is 145 cm³/mol. The van der Waals surface area contributed by atoms with Crippen molar-refractivity contribution in [2.75, 3.05) is 0 Å².